The predicted molar refractivity (Wildman–Crippen MR) is 126 cm³/mol. The Kier molecular flexibility index (Phi) is 7.04. The highest BCUT2D eigenvalue weighted by Gasteiger charge is 2.18. The lowest BCUT2D eigenvalue weighted by Crippen LogP contribution is -1.92. The summed E-state index contributed by atoms with van der Waals surface area (Å²) in [6.45, 7) is 4.71. The number of hydrogen-bond donors (Lipinski definition) is 3. The first-order chi connectivity index (χ1) is 14.6. The number of rotatable bonds is 4. The SMILES string of the molecule is CCCN=Cc1cc2ccccc2c(-c2c(O)ccc3ccccc23)c1O.CCO. The van der Waals surface area contributed by atoms with Gasteiger partial charge >= 0.3 is 0 Å². The van der Waals surface area contributed by atoms with Crippen molar-refractivity contribution >= 4 is 27.8 Å². The van der Waals surface area contributed by atoms with Crippen LogP contribution in [-0.2, 0) is 0 Å². The first-order valence-corrected chi connectivity index (χ1v) is 10.2. The van der Waals surface area contributed by atoms with Gasteiger partial charge in [-0.25, -0.2) is 0 Å². The molecule has 0 saturated heterocycles. The van der Waals surface area contributed by atoms with Gasteiger partial charge in [0.1, 0.15) is 11.5 Å². The smallest absolute Gasteiger partial charge is 0.132 e. The van der Waals surface area contributed by atoms with E-state index >= 15 is 0 Å². The Hall–Kier alpha value is -3.37. The maximum atomic E-state index is 11.1. The highest BCUT2D eigenvalue weighted by molar-refractivity contribution is 6.12. The molecule has 0 radical (unpaired) electrons. The lowest BCUT2D eigenvalue weighted by molar-refractivity contribution is 0.318. The van der Waals surface area contributed by atoms with Crippen LogP contribution in [0, 0.1) is 0 Å². The second kappa shape index (κ2) is 9.90. The Morgan fingerprint density at radius 1 is 0.800 bits per heavy atom. The minimum atomic E-state index is 0.139. The van der Waals surface area contributed by atoms with Crippen LogP contribution in [-0.4, -0.2) is 34.7 Å². The minimum Gasteiger partial charge on any atom is -0.507 e. The van der Waals surface area contributed by atoms with E-state index in [0.717, 1.165) is 28.0 Å². The van der Waals surface area contributed by atoms with Gasteiger partial charge in [0.05, 0.1) is 0 Å². The number of phenolic OH excluding ortho intramolecular Hbond substituents is 2. The normalized spacial score (nSPS) is 11.0. The van der Waals surface area contributed by atoms with Crippen LogP contribution in [0.3, 0.4) is 0 Å². The number of phenols is 2. The fourth-order valence-corrected chi connectivity index (χ4v) is 3.52. The zero-order valence-electron chi connectivity index (χ0n) is 17.3. The Morgan fingerprint density at radius 3 is 2.07 bits per heavy atom. The van der Waals surface area contributed by atoms with Gasteiger partial charge in [0.25, 0.3) is 0 Å². The Morgan fingerprint density at radius 2 is 1.40 bits per heavy atom. The molecule has 0 spiro atoms. The maximum Gasteiger partial charge on any atom is 0.132 e. The molecule has 0 amide bonds. The summed E-state index contributed by atoms with van der Waals surface area (Å²) in [5.41, 5.74) is 1.94. The van der Waals surface area contributed by atoms with Crippen molar-refractivity contribution in [2.24, 2.45) is 4.99 Å². The number of fused-ring (bicyclic) bond motifs is 2. The molecule has 0 bridgehead atoms. The molecule has 0 saturated carbocycles. The molecule has 0 aromatic heterocycles. The Bertz CT molecular complexity index is 1180. The summed E-state index contributed by atoms with van der Waals surface area (Å²) in [7, 11) is 0. The van der Waals surface area contributed by atoms with Gasteiger partial charge in [-0.1, -0.05) is 61.5 Å². The second-order valence-electron chi connectivity index (χ2n) is 6.94. The van der Waals surface area contributed by atoms with Crippen LogP contribution in [0.1, 0.15) is 25.8 Å². The van der Waals surface area contributed by atoms with E-state index in [0.29, 0.717) is 23.2 Å². The monoisotopic (exact) mass is 401 g/mol. The van der Waals surface area contributed by atoms with Gasteiger partial charge in [-0.3, -0.25) is 4.99 Å². The van der Waals surface area contributed by atoms with Crippen molar-refractivity contribution in [3.8, 4) is 22.6 Å². The van der Waals surface area contributed by atoms with E-state index in [2.05, 4.69) is 11.9 Å². The fourth-order valence-electron chi connectivity index (χ4n) is 3.52. The summed E-state index contributed by atoms with van der Waals surface area (Å²) < 4.78 is 0. The highest BCUT2D eigenvalue weighted by atomic mass is 16.3. The van der Waals surface area contributed by atoms with Gasteiger partial charge in [0.2, 0.25) is 0 Å². The summed E-state index contributed by atoms with van der Waals surface area (Å²) in [6.07, 6.45) is 2.67. The summed E-state index contributed by atoms with van der Waals surface area (Å²) in [5.74, 6) is 0.289. The van der Waals surface area contributed by atoms with Crippen molar-refractivity contribution in [3.05, 3.63) is 72.3 Å². The number of aliphatic hydroxyl groups is 1. The molecule has 30 heavy (non-hydrogen) atoms. The molecule has 0 unspecified atom stereocenters. The zero-order valence-corrected chi connectivity index (χ0v) is 17.3. The van der Waals surface area contributed by atoms with Crippen molar-refractivity contribution in [2.45, 2.75) is 20.3 Å². The van der Waals surface area contributed by atoms with Crippen LogP contribution >= 0.6 is 0 Å². The van der Waals surface area contributed by atoms with Crippen LogP contribution in [0.4, 0.5) is 0 Å². The van der Waals surface area contributed by atoms with Crippen molar-refractivity contribution in [1.82, 2.24) is 0 Å². The lowest BCUT2D eigenvalue weighted by atomic mass is 9.90. The summed E-state index contributed by atoms with van der Waals surface area (Å²) in [5, 5.41) is 33.2. The van der Waals surface area contributed by atoms with Crippen LogP contribution in [0.5, 0.6) is 11.5 Å². The van der Waals surface area contributed by atoms with Gasteiger partial charge < -0.3 is 15.3 Å². The third-order valence-corrected chi connectivity index (χ3v) is 4.79. The molecule has 4 nitrogen and oxygen atoms in total. The van der Waals surface area contributed by atoms with Crippen LogP contribution in [0.2, 0.25) is 0 Å². The van der Waals surface area contributed by atoms with Gasteiger partial charge in [0.15, 0.2) is 0 Å². The molecule has 4 aromatic carbocycles. The summed E-state index contributed by atoms with van der Waals surface area (Å²) in [4.78, 5) is 4.40. The Balaban J connectivity index is 0.000000806. The average molecular weight is 402 g/mol. The number of aliphatic imine (C=N–C) groups is 1. The van der Waals surface area contributed by atoms with E-state index in [1.54, 1.807) is 19.2 Å². The zero-order chi connectivity index (χ0) is 21.5. The molecule has 3 N–H and O–H groups in total. The van der Waals surface area contributed by atoms with Gasteiger partial charge in [0, 0.05) is 36.1 Å². The first-order valence-electron chi connectivity index (χ1n) is 10.2. The topological polar surface area (TPSA) is 73.1 Å². The molecule has 0 aliphatic heterocycles. The molecule has 0 heterocycles. The minimum absolute atomic E-state index is 0.139. The van der Waals surface area contributed by atoms with E-state index in [9.17, 15) is 10.2 Å². The number of aromatic hydroxyl groups is 2. The third kappa shape index (κ3) is 4.29. The largest absolute Gasteiger partial charge is 0.507 e. The first kappa shape index (κ1) is 21.3. The number of hydrogen-bond acceptors (Lipinski definition) is 4. The van der Waals surface area contributed by atoms with E-state index in [4.69, 9.17) is 5.11 Å². The molecule has 0 aliphatic carbocycles. The molecule has 4 rings (SSSR count). The lowest BCUT2D eigenvalue weighted by Gasteiger charge is -2.16. The maximum absolute atomic E-state index is 11.1. The molecule has 4 heteroatoms. The molecular weight excluding hydrogens is 374 g/mol. The summed E-state index contributed by atoms with van der Waals surface area (Å²) >= 11 is 0. The molecule has 4 aromatic rings. The van der Waals surface area contributed by atoms with Crippen LogP contribution in [0.25, 0.3) is 32.7 Å². The summed E-state index contributed by atoms with van der Waals surface area (Å²) in [6, 6.07) is 21.3. The standard InChI is InChI=1S/C24H21NO2.C2H6O/c1-2-13-25-15-18-14-17-8-4-6-10-20(17)23(24(18)27)22-19-9-5-3-7-16(19)11-12-21(22)26;1-2-3/h3-12,14-15,26-27H,2,13H2,1H3;3H,2H2,1H3. The van der Waals surface area contributed by atoms with Crippen molar-refractivity contribution in [2.75, 3.05) is 13.2 Å². The van der Waals surface area contributed by atoms with Crippen molar-refractivity contribution < 1.29 is 15.3 Å². The number of benzene rings is 4. The Labute approximate surface area is 176 Å². The molecule has 154 valence electrons. The van der Waals surface area contributed by atoms with E-state index in [-0.39, 0.29) is 18.1 Å². The van der Waals surface area contributed by atoms with Gasteiger partial charge in [-0.05, 0) is 47.0 Å². The van der Waals surface area contributed by atoms with Crippen LogP contribution in [0.15, 0.2) is 71.7 Å². The number of nitrogens with zero attached hydrogens (tertiary/aromatic N) is 1. The quantitative estimate of drug-likeness (QED) is 0.373. The van der Waals surface area contributed by atoms with Crippen molar-refractivity contribution in [3.63, 3.8) is 0 Å². The third-order valence-electron chi connectivity index (χ3n) is 4.79. The van der Waals surface area contributed by atoms with E-state index < -0.39 is 0 Å². The average Bonchev–Trinajstić information content (AvgIpc) is 2.76. The van der Waals surface area contributed by atoms with Crippen LogP contribution < -0.4 is 0 Å². The van der Waals surface area contributed by atoms with Gasteiger partial charge in [-0.15, -0.1) is 0 Å². The fraction of sp³-hybridized carbons (Fsp3) is 0.192. The van der Waals surface area contributed by atoms with E-state index in [1.807, 2.05) is 60.7 Å². The molecule has 0 fully saturated rings. The predicted octanol–water partition coefficient (Wildman–Crippen LogP) is 5.90. The highest BCUT2D eigenvalue weighted by Crippen LogP contribution is 2.45. The van der Waals surface area contributed by atoms with E-state index in [1.165, 1.54) is 0 Å². The van der Waals surface area contributed by atoms with Gasteiger partial charge in [-0.2, -0.15) is 0 Å². The molecule has 0 aliphatic rings. The molecule has 0 atom stereocenters. The number of aliphatic hydroxyl groups excluding tert-OH is 1. The van der Waals surface area contributed by atoms with Crippen molar-refractivity contribution in [1.29, 1.82) is 0 Å². The second-order valence-corrected chi connectivity index (χ2v) is 6.94. The molecular formula is C26H27NO3.